The Labute approximate surface area is 96.6 Å². The molecule has 0 amide bonds. The van der Waals surface area contributed by atoms with Crippen molar-refractivity contribution in [3.63, 3.8) is 0 Å². The first-order valence-corrected chi connectivity index (χ1v) is 5.52. The molecule has 0 radical (unpaired) electrons. The highest BCUT2D eigenvalue weighted by Gasteiger charge is 2.13. The molecule has 0 saturated heterocycles. The first-order valence-electron chi connectivity index (χ1n) is 5.52. The lowest BCUT2D eigenvalue weighted by Gasteiger charge is -2.16. The highest BCUT2D eigenvalue weighted by Crippen LogP contribution is 2.20. The van der Waals surface area contributed by atoms with Crippen LogP contribution in [0.3, 0.4) is 0 Å². The van der Waals surface area contributed by atoms with E-state index in [0.29, 0.717) is 13.2 Å². The number of hydrogen-bond acceptors (Lipinski definition) is 4. The van der Waals surface area contributed by atoms with Crippen LogP contribution in [-0.4, -0.2) is 31.5 Å². The van der Waals surface area contributed by atoms with Crippen molar-refractivity contribution >= 4 is 0 Å². The summed E-state index contributed by atoms with van der Waals surface area (Å²) in [7, 11) is 1.58. The van der Waals surface area contributed by atoms with Crippen LogP contribution >= 0.6 is 0 Å². The van der Waals surface area contributed by atoms with Crippen LogP contribution in [0.2, 0.25) is 0 Å². The summed E-state index contributed by atoms with van der Waals surface area (Å²) >= 11 is 0. The molecule has 0 aliphatic heterocycles. The normalized spacial score (nSPS) is 15.1. The summed E-state index contributed by atoms with van der Waals surface area (Å²) in [6, 6.07) is 2.19. The molecular weight excluding hydrogens is 206 g/mol. The van der Waals surface area contributed by atoms with E-state index in [4.69, 9.17) is 9.15 Å². The number of ether oxygens (including phenoxy) is 1. The number of nitrogens with one attached hydrogen (secondary N) is 1. The highest BCUT2D eigenvalue weighted by atomic mass is 16.5. The van der Waals surface area contributed by atoms with E-state index < -0.39 is 6.10 Å². The second-order valence-electron chi connectivity index (χ2n) is 4.11. The van der Waals surface area contributed by atoms with Gasteiger partial charge in [0, 0.05) is 25.3 Å². The smallest absolute Gasteiger partial charge is 0.105 e. The maximum Gasteiger partial charge on any atom is 0.105 e. The molecule has 1 rings (SSSR count). The Morgan fingerprint density at radius 3 is 2.69 bits per heavy atom. The zero-order valence-corrected chi connectivity index (χ0v) is 10.4. The fourth-order valence-electron chi connectivity index (χ4n) is 1.75. The second-order valence-corrected chi connectivity index (χ2v) is 4.11. The van der Waals surface area contributed by atoms with Crippen LogP contribution in [0.25, 0.3) is 0 Å². The van der Waals surface area contributed by atoms with Gasteiger partial charge in [-0.3, -0.25) is 0 Å². The Hall–Kier alpha value is -0.840. The van der Waals surface area contributed by atoms with Gasteiger partial charge in [-0.05, 0) is 26.8 Å². The quantitative estimate of drug-likeness (QED) is 0.774. The lowest BCUT2D eigenvalue weighted by atomic mass is 10.1. The third-order valence-corrected chi connectivity index (χ3v) is 2.56. The Bertz CT molecular complexity index is 322. The third kappa shape index (κ3) is 3.63. The van der Waals surface area contributed by atoms with Crippen LogP contribution in [0, 0.1) is 13.8 Å². The van der Waals surface area contributed by atoms with Crippen LogP contribution in [0.15, 0.2) is 10.5 Å². The number of methoxy groups -OCH3 is 1. The molecule has 4 nitrogen and oxygen atoms in total. The minimum atomic E-state index is -0.472. The lowest BCUT2D eigenvalue weighted by Crippen LogP contribution is -2.31. The summed E-state index contributed by atoms with van der Waals surface area (Å²) in [6.45, 7) is 6.80. The molecule has 0 saturated carbocycles. The van der Waals surface area contributed by atoms with Gasteiger partial charge in [-0.2, -0.15) is 0 Å². The molecule has 16 heavy (non-hydrogen) atoms. The summed E-state index contributed by atoms with van der Waals surface area (Å²) in [5, 5.41) is 12.8. The van der Waals surface area contributed by atoms with Crippen molar-refractivity contribution in [1.82, 2.24) is 5.32 Å². The second kappa shape index (κ2) is 6.03. The van der Waals surface area contributed by atoms with Crippen molar-refractivity contribution in [3.05, 3.63) is 23.2 Å². The average Bonchev–Trinajstić information content (AvgIpc) is 2.55. The van der Waals surface area contributed by atoms with Crippen LogP contribution < -0.4 is 5.32 Å². The highest BCUT2D eigenvalue weighted by molar-refractivity contribution is 5.23. The van der Waals surface area contributed by atoms with Gasteiger partial charge < -0.3 is 19.6 Å². The SMILES string of the molecule is COC[C@@H](O)CNC(C)c1cc(C)oc1C. The Morgan fingerprint density at radius 2 is 2.19 bits per heavy atom. The van der Waals surface area contributed by atoms with Crippen LogP contribution in [-0.2, 0) is 4.74 Å². The van der Waals surface area contributed by atoms with Gasteiger partial charge >= 0.3 is 0 Å². The molecule has 2 N–H and O–H groups in total. The van der Waals surface area contributed by atoms with Crippen LogP contribution in [0.5, 0.6) is 0 Å². The molecule has 0 aliphatic carbocycles. The van der Waals surface area contributed by atoms with E-state index in [1.807, 2.05) is 19.9 Å². The predicted molar refractivity (Wildman–Crippen MR) is 62.5 cm³/mol. The van der Waals surface area contributed by atoms with Gasteiger partial charge in [0.1, 0.15) is 11.5 Å². The summed E-state index contributed by atoms with van der Waals surface area (Å²) in [5.74, 6) is 1.84. The molecule has 2 atom stereocenters. The predicted octanol–water partition coefficient (Wildman–Crippen LogP) is 1.55. The summed E-state index contributed by atoms with van der Waals surface area (Å²) in [6.07, 6.45) is -0.472. The molecule has 1 unspecified atom stereocenters. The molecule has 0 fully saturated rings. The molecule has 0 aromatic carbocycles. The minimum absolute atomic E-state index is 0.170. The zero-order chi connectivity index (χ0) is 12.1. The molecule has 0 spiro atoms. The largest absolute Gasteiger partial charge is 0.466 e. The maximum absolute atomic E-state index is 9.51. The van der Waals surface area contributed by atoms with Gasteiger partial charge in [0.05, 0.1) is 12.7 Å². The number of aliphatic hydroxyl groups is 1. The fourth-order valence-corrected chi connectivity index (χ4v) is 1.75. The molecule has 1 heterocycles. The first-order chi connectivity index (χ1) is 7.54. The summed E-state index contributed by atoms with van der Waals surface area (Å²) in [4.78, 5) is 0. The van der Waals surface area contributed by atoms with Crippen molar-refractivity contribution in [2.24, 2.45) is 0 Å². The van der Waals surface area contributed by atoms with Crippen molar-refractivity contribution in [2.45, 2.75) is 32.9 Å². The molecule has 0 aliphatic rings. The molecule has 1 aromatic rings. The van der Waals surface area contributed by atoms with E-state index in [-0.39, 0.29) is 6.04 Å². The molecule has 4 heteroatoms. The first kappa shape index (κ1) is 13.2. The van der Waals surface area contributed by atoms with E-state index in [9.17, 15) is 5.11 Å². The third-order valence-electron chi connectivity index (χ3n) is 2.56. The van der Waals surface area contributed by atoms with Gasteiger partial charge in [-0.25, -0.2) is 0 Å². The van der Waals surface area contributed by atoms with Crippen molar-refractivity contribution in [1.29, 1.82) is 0 Å². The number of hydrogen-bond donors (Lipinski definition) is 2. The zero-order valence-electron chi connectivity index (χ0n) is 10.4. The van der Waals surface area contributed by atoms with Crippen molar-refractivity contribution < 1.29 is 14.3 Å². The van der Waals surface area contributed by atoms with Gasteiger partial charge in [0.2, 0.25) is 0 Å². The van der Waals surface area contributed by atoms with Crippen LogP contribution in [0.4, 0.5) is 0 Å². The van der Waals surface area contributed by atoms with Gasteiger partial charge in [-0.1, -0.05) is 0 Å². The molecule has 92 valence electrons. The standard InChI is InChI=1S/C12H21NO3/c1-8-5-12(10(3)16-8)9(2)13-6-11(14)7-15-4/h5,9,11,13-14H,6-7H2,1-4H3/t9?,11-/m0/s1. The average molecular weight is 227 g/mol. The number of aliphatic hydroxyl groups excluding tert-OH is 1. The van der Waals surface area contributed by atoms with Gasteiger partial charge in [0.25, 0.3) is 0 Å². The number of rotatable bonds is 6. The minimum Gasteiger partial charge on any atom is -0.466 e. The summed E-state index contributed by atoms with van der Waals surface area (Å²) < 4.78 is 10.3. The topological polar surface area (TPSA) is 54.6 Å². The number of aryl methyl sites for hydroxylation is 2. The maximum atomic E-state index is 9.51. The fraction of sp³-hybridized carbons (Fsp3) is 0.667. The van der Waals surface area contributed by atoms with E-state index in [2.05, 4.69) is 12.2 Å². The van der Waals surface area contributed by atoms with Crippen LogP contribution in [0.1, 0.15) is 30.0 Å². The molecule has 1 aromatic heterocycles. The summed E-state index contributed by atoms with van der Waals surface area (Å²) in [5.41, 5.74) is 1.14. The monoisotopic (exact) mass is 227 g/mol. The molecular formula is C12H21NO3. The lowest BCUT2D eigenvalue weighted by molar-refractivity contribution is 0.0630. The Morgan fingerprint density at radius 1 is 1.50 bits per heavy atom. The van der Waals surface area contributed by atoms with Gasteiger partial charge in [-0.15, -0.1) is 0 Å². The van der Waals surface area contributed by atoms with Crippen molar-refractivity contribution in [2.75, 3.05) is 20.3 Å². The van der Waals surface area contributed by atoms with Crippen molar-refractivity contribution in [3.8, 4) is 0 Å². The van der Waals surface area contributed by atoms with E-state index >= 15 is 0 Å². The number of furan rings is 1. The van der Waals surface area contributed by atoms with E-state index in [1.165, 1.54) is 0 Å². The van der Waals surface area contributed by atoms with Gasteiger partial charge in [0.15, 0.2) is 0 Å². The Balaban J connectivity index is 2.46. The van der Waals surface area contributed by atoms with E-state index in [1.54, 1.807) is 7.11 Å². The Kier molecular flexibility index (Phi) is 4.99. The molecule has 0 bridgehead atoms. The van der Waals surface area contributed by atoms with E-state index in [0.717, 1.165) is 17.1 Å².